The molecule has 2 heterocycles. The number of rotatable bonds is 2. The number of aryl methyl sites for hydroxylation is 1. The number of halogens is 1. The van der Waals surface area contributed by atoms with Crippen LogP contribution in [0, 0.1) is 6.92 Å². The van der Waals surface area contributed by atoms with E-state index in [0.29, 0.717) is 34.6 Å². The van der Waals surface area contributed by atoms with Gasteiger partial charge in [0.05, 0.1) is 12.1 Å². The minimum absolute atomic E-state index is 0.166. The van der Waals surface area contributed by atoms with Gasteiger partial charge in [-0.2, -0.15) is 10.1 Å². The van der Waals surface area contributed by atoms with Crippen LogP contribution in [0.3, 0.4) is 0 Å². The average Bonchev–Trinajstić information content (AvgIpc) is 2.79. The highest BCUT2D eigenvalue weighted by Crippen LogP contribution is 2.21. The number of hydrogen-bond donors (Lipinski definition) is 2. The third-order valence-electron chi connectivity index (χ3n) is 3.21. The lowest BCUT2D eigenvalue weighted by molar-refractivity contribution is -0.113. The molecule has 0 saturated carbocycles. The van der Waals surface area contributed by atoms with Crippen LogP contribution in [0.5, 0.6) is 0 Å². The number of carbonyl (C=O) groups is 1. The van der Waals surface area contributed by atoms with E-state index in [-0.39, 0.29) is 5.91 Å². The Labute approximate surface area is 126 Å². The molecule has 0 radical (unpaired) electrons. The topological polar surface area (TPSA) is 71.8 Å². The van der Waals surface area contributed by atoms with Gasteiger partial charge in [-0.05, 0) is 38.1 Å². The Bertz CT molecular complexity index is 732. The minimum Gasteiger partial charge on any atom is -0.328 e. The largest absolute Gasteiger partial charge is 0.328 e. The van der Waals surface area contributed by atoms with E-state index in [0.717, 1.165) is 5.70 Å². The molecule has 2 aromatic rings. The monoisotopic (exact) mass is 303 g/mol. The van der Waals surface area contributed by atoms with Gasteiger partial charge >= 0.3 is 0 Å². The Kier molecular flexibility index (Phi) is 3.39. The maximum absolute atomic E-state index is 12.4. The van der Waals surface area contributed by atoms with E-state index in [1.807, 2.05) is 13.8 Å². The zero-order chi connectivity index (χ0) is 15.0. The van der Waals surface area contributed by atoms with Crippen molar-refractivity contribution in [1.29, 1.82) is 0 Å². The van der Waals surface area contributed by atoms with Crippen LogP contribution in [0.2, 0.25) is 5.02 Å². The highest BCUT2D eigenvalue weighted by molar-refractivity contribution is 6.30. The summed E-state index contributed by atoms with van der Waals surface area (Å²) in [4.78, 5) is 16.6. The van der Waals surface area contributed by atoms with Crippen molar-refractivity contribution in [2.75, 3.05) is 10.6 Å². The van der Waals surface area contributed by atoms with Crippen LogP contribution in [0.4, 0.5) is 11.6 Å². The summed E-state index contributed by atoms with van der Waals surface area (Å²) in [6.45, 7) is 4.06. The first-order chi connectivity index (χ1) is 10.0. The molecule has 108 valence electrons. The number of carbonyl (C=O) groups excluding carboxylic acids is 1. The van der Waals surface area contributed by atoms with Gasteiger partial charge in [0.1, 0.15) is 5.82 Å². The Balaban J connectivity index is 1.79. The van der Waals surface area contributed by atoms with Crippen molar-refractivity contribution in [3.05, 3.63) is 46.4 Å². The van der Waals surface area contributed by atoms with Gasteiger partial charge in [0, 0.05) is 16.4 Å². The number of nitrogens with one attached hydrogen (secondary N) is 2. The van der Waals surface area contributed by atoms with Crippen LogP contribution in [0.15, 0.2) is 35.5 Å². The van der Waals surface area contributed by atoms with Crippen LogP contribution < -0.4 is 10.6 Å². The maximum atomic E-state index is 12.4. The summed E-state index contributed by atoms with van der Waals surface area (Å²) in [7, 11) is 0. The molecule has 0 bridgehead atoms. The van der Waals surface area contributed by atoms with Gasteiger partial charge in [-0.3, -0.25) is 4.79 Å². The van der Waals surface area contributed by atoms with E-state index >= 15 is 0 Å². The number of allylic oxidation sites excluding steroid dienone is 1. The van der Waals surface area contributed by atoms with Crippen molar-refractivity contribution in [3.8, 4) is 0 Å². The van der Waals surface area contributed by atoms with Gasteiger partial charge in [-0.25, -0.2) is 4.68 Å². The first-order valence-corrected chi connectivity index (χ1v) is 6.86. The molecule has 1 amide bonds. The highest BCUT2D eigenvalue weighted by atomic mass is 35.5. The van der Waals surface area contributed by atoms with Gasteiger partial charge in [-0.1, -0.05) is 11.6 Å². The quantitative estimate of drug-likeness (QED) is 0.894. The van der Waals surface area contributed by atoms with Gasteiger partial charge in [0.25, 0.3) is 5.91 Å². The Hall–Kier alpha value is -2.34. The first-order valence-electron chi connectivity index (χ1n) is 6.48. The molecule has 21 heavy (non-hydrogen) atoms. The second kappa shape index (κ2) is 5.21. The molecular formula is C14H14ClN5O. The van der Waals surface area contributed by atoms with Crippen molar-refractivity contribution in [2.45, 2.75) is 20.4 Å². The first kappa shape index (κ1) is 13.6. The highest BCUT2D eigenvalue weighted by Gasteiger charge is 2.22. The lowest BCUT2D eigenvalue weighted by atomic mass is 10.1. The average molecular weight is 304 g/mol. The molecule has 0 spiro atoms. The fourth-order valence-electron chi connectivity index (χ4n) is 2.15. The number of nitrogens with zero attached hydrogens (tertiary/aromatic N) is 3. The number of amides is 1. The van der Waals surface area contributed by atoms with Gasteiger partial charge < -0.3 is 10.6 Å². The predicted molar refractivity (Wildman–Crippen MR) is 81.2 cm³/mol. The SMILES string of the molecule is CC1=C(C(=O)Nc2ccc(Cl)cc2)Cn2nc(C)nc2N1. The van der Waals surface area contributed by atoms with Gasteiger partial charge in [0.15, 0.2) is 0 Å². The molecule has 1 aliphatic rings. The minimum atomic E-state index is -0.166. The zero-order valence-corrected chi connectivity index (χ0v) is 12.4. The molecular weight excluding hydrogens is 290 g/mol. The molecule has 7 heteroatoms. The lowest BCUT2D eigenvalue weighted by Crippen LogP contribution is -2.26. The number of anilines is 2. The number of fused-ring (bicyclic) bond motifs is 1. The van der Waals surface area contributed by atoms with E-state index in [1.54, 1.807) is 28.9 Å². The molecule has 6 nitrogen and oxygen atoms in total. The number of benzene rings is 1. The summed E-state index contributed by atoms with van der Waals surface area (Å²) in [6, 6.07) is 6.99. The van der Waals surface area contributed by atoms with Crippen molar-refractivity contribution < 1.29 is 4.79 Å². The fourth-order valence-corrected chi connectivity index (χ4v) is 2.28. The molecule has 0 fully saturated rings. The van der Waals surface area contributed by atoms with E-state index in [1.165, 1.54) is 0 Å². The standard InChI is InChI=1S/C14H14ClN5O/c1-8-12(7-20-14(16-8)17-9(2)19-20)13(21)18-11-5-3-10(15)4-6-11/h3-6H,7H2,1-2H3,(H,18,21)(H,16,17,19). The van der Waals surface area contributed by atoms with Crippen molar-refractivity contribution >= 4 is 29.1 Å². The van der Waals surface area contributed by atoms with E-state index in [4.69, 9.17) is 11.6 Å². The lowest BCUT2D eigenvalue weighted by Gasteiger charge is -2.19. The van der Waals surface area contributed by atoms with E-state index < -0.39 is 0 Å². The molecule has 3 rings (SSSR count). The van der Waals surface area contributed by atoms with Crippen molar-refractivity contribution in [1.82, 2.24) is 14.8 Å². The van der Waals surface area contributed by atoms with E-state index in [9.17, 15) is 4.79 Å². The molecule has 0 unspecified atom stereocenters. The molecule has 2 N–H and O–H groups in total. The summed E-state index contributed by atoms with van der Waals surface area (Å²) in [5.41, 5.74) is 2.11. The van der Waals surface area contributed by atoms with Crippen LogP contribution >= 0.6 is 11.6 Å². The second-order valence-corrected chi connectivity index (χ2v) is 5.27. The van der Waals surface area contributed by atoms with Crippen LogP contribution in [-0.4, -0.2) is 20.7 Å². The summed E-state index contributed by atoms with van der Waals surface area (Å²) in [5.74, 6) is 1.17. The Morgan fingerprint density at radius 1 is 1.33 bits per heavy atom. The molecule has 1 aromatic carbocycles. The van der Waals surface area contributed by atoms with E-state index in [2.05, 4.69) is 20.7 Å². The molecule has 0 atom stereocenters. The van der Waals surface area contributed by atoms with Gasteiger partial charge in [-0.15, -0.1) is 0 Å². The summed E-state index contributed by atoms with van der Waals surface area (Å²) < 4.78 is 1.68. The van der Waals surface area contributed by atoms with Crippen molar-refractivity contribution in [2.24, 2.45) is 0 Å². The summed E-state index contributed by atoms with van der Waals surface area (Å²) >= 11 is 5.83. The van der Waals surface area contributed by atoms with Crippen LogP contribution in [0.1, 0.15) is 12.7 Å². The molecule has 1 aromatic heterocycles. The van der Waals surface area contributed by atoms with Crippen LogP contribution in [0.25, 0.3) is 0 Å². The molecule has 0 saturated heterocycles. The molecule has 1 aliphatic heterocycles. The maximum Gasteiger partial charge on any atom is 0.255 e. The number of aromatic nitrogens is 3. The summed E-state index contributed by atoms with van der Waals surface area (Å²) in [6.07, 6.45) is 0. The third kappa shape index (κ3) is 2.75. The second-order valence-electron chi connectivity index (χ2n) is 4.83. The Morgan fingerprint density at radius 3 is 2.76 bits per heavy atom. The van der Waals surface area contributed by atoms with Crippen molar-refractivity contribution in [3.63, 3.8) is 0 Å². The third-order valence-corrected chi connectivity index (χ3v) is 3.47. The molecule has 0 aliphatic carbocycles. The number of hydrogen-bond acceptors (Lipinski definition) is 4. The van der Waals surface area contributed by atoms with Crippen LogP contribution in [-0.2, 0) is 11.3 Å². The Morgan fingerprint density at radius 2 is 2.05 bits per heavy atom. The normalized spacial score (nSPS) is 13.7. The predicted octanol–water partition coefficient (Wildman–Crippen LogP) is 2.58. The summed E-state index contributed by atoms with van der Waals surface area (Å²) in [5, 5.41) is 10.8. The van der Waals surface area contributed by atoms with Gasteiger partial charge in [0.2, 0.25) is 5.95 Å². The smallest absolute Gasteiger partial charge is 0.255 e. The zero-order valence-electron chi connectivity index (χ0n) is 11.6. The fraction of sp³-hybridized carbons (Fsp3) is 0.214.